The van der Waals surface area contributed by atoms with Crippen LogP contribution in [0.1, 0.15) is 11.1 Å². The van der Waals surface area contributed by atoms with Crippen molar-refractivity contribution in [1.29, 1.82) is 0 Å². The third-order valence-corrected chi connectivity index (χ3v) is 4.62. The molecule has 0 saturated heterocycles. The SMILES string of the molecule is Clc1cccc2c1CN1CN2Cc2c(Cl)cccc21. The summed E-state index contributed by atoms with van der Waals surface area (Å²) in [6.07, 6.45) is 0. The molecule has 0 saturated carbocycles. The van der Waals surface area contributed by atoms with Gasteiger partial charge in [0.05, 0.1) is 6.67 Å². The summed E-state index contributed by atoms with van der Waals surface area (Å²) in [6, 6.07) is 12.2. The number of benzene rings is 2. The van der Waals surface area contributed by atoms with E-state index in [2.05, 4.69) is 21.9 Å². The smallest absolute Gasteiger partial charge is 0.0910 e. The van der Waals surface area contributed by atoms with Crippen molar-refractivity contribution in [3.05, 3.63) is 57.6 Å². The van der Waals surface area contributed by atoms with Crippen molar-refractivity contribution in [2.24, 2.45) is 0 Å². The largest absolute Gasteiger partial charge is 0.349 e. The van der Waals surface area contributed by atoms with Crippen LogP contribution in [-0.4, -0.2) is 6.67 Å². The van der Waals surface area contributed by atoms with Gasteiger partial charge in [-0.1, -0.05) is 35.3 Å². The molecule has 2 aliphatic rings. The van der Waals surface area contributed by atoms with Crippen LogP contribution in [0.15, 0.2) is 36.4 Å². The van der Waals surface area contributed by atoms with Crippen LogP contribution in [-0.2, 0) is 13.1 Å². The molecule has 0 amide bonds. The van der Waals surface area contributed by atoms with Crippen LogP contribution in [0, 0.1) is 0 Å². The van der Waals surface area contributed by atoms with E-state index >= 15 is 0 Å². The lowest BCUT2D eigenvalue weighted by Gasteiger charge is -2.45. The van der Waals surface area contributed by atoms with E-state index in [0.29, 0.717) is 0 Å². The lowest BCUT2D eigenvalue weighted by molar-refractivity contribution is 0.651. The van der Waals surface area contributed by atoms with Gasteiger partial charge in [0.25, 0.3) is 0 Å². The molecule has 4 rings (SSSR count). The maximum Gasteiger partial charge on any atom is 0.0910 e. The Bertz CT molecular complexity index is 612. The summed E-state index contributed by atoms with van der Waals surface area (Å²) in [5.41, 5.74) is 4.88. The Morgan fingerprint density at radius 2 is 1.21 bits per heavy atom. The van der Waals surface area contributed by atoms with E-state index in [9.17, 15) is 0 Å². The molecule has 0 N–H and O–H groups in total. The normalized spacial score (nSPS) is 16.1. The number of hydrogen-bond donors (Lipinski definition) is 0. The number of hydrogen-bond acceptors (Lipinski definition) is 2. The summed E-state index contributed by atoms with van der Waals surface area (Å²) in [5.74, 6) is 0. The summed E-state index contributed by atoms with van der Waals surface area (Å²) in [7, 11) is 0. The number of halogens is 2. The first-order chi connectivity index (χ1) is 9.24. The van der Waals surface area contributed by atoms with Gasteiger partial charge in [-0.15, -0.1) is 0 Å². The van der Waals surface area contributed by atoms with E-state index in [4.69, 9.17) is 23.2 Å². The zero-order valence-corrected chi connectivity index (χ0v) is 11.7. The van der Waals surface area contributed by atoms with E-state index in [1.807, 2.05) is 24.3 Å². The third-order valence-electron chi connectivity index (χ3n) is 3.91. The molecule has 2 aromatic rings. The lowest BCUT2D eigenvalue weighted by Crippen LogP contribution is -2.46. The summed E-state index contributed by atoms with van der Waals surface area (Å²) >= 11 is 12.7. The Hall–Kier alpha value is -1.38. The molecule has 4 heteroatoms. The molecule has 2 heterocycles. The van der Waals surface area contributed by atoms with E-state index in [-0.39, 0.29) is 0 Å². The van der Waals surface area contributed by atoms with Crippen molar-refractivity contribution in [3.63, 3.8) is 0 Å². The van der Waals surface area contributed by atoms with Crippen molar-refractivity contribution in [2.45, 2.75) is 13.1 Å². The summed E-state index contributed by atoms with van der Waals surface area (Å²) in [5, 5.41) is 1.69. The van der Waals surface area contributed by atoms with Gasteiger partial charge >= 0.3 is 0 Å². The maximum atomic E-state index is 6.33. The topological polar surface area (TPSA) is 6.48 Å². The highest BCUT2D eigenvalue weighted by atomic mass is 35.5. The number of anilines is 2. The first-order valence-electron chi connectivity index (χ1n) is 6.29. The van der Waals surface area contributed by atoms with E-state index < -0.39 is 0 Å². The summed E-state index contributed by atoms with van der Waals surface area (Å²) < 4.78 is 0. The molecule has 0 unspecified atom stereocenters. The average Bonchev–Trinajstić information content (AvgIpc) is 2.42. The lowest BCUT2D eigenvalue weighted by atomic mass is 10.0. The minimum absolute atomic E-state index is 0.845. The van der Waals surface area contributed by atoms with Crippen molar-refractivity contribution in [1.82, 2.24) is 0 Å². The molecule has 19 heavy (non-hydrogen) atoms. The van der Waals surface area contributed by atoms with E-state index in [0.717, 1.165) is 29.8 Å². The molecule has 2 aliphatic heterocycles. The van der Waals surface area contributed by atoms with Crippen molar-refractivity contribution in [3.8, 4) is 0 Å². The Morgan fingerprint density at radius 3 is 1.68 bits per heavy atom. The molecule has 2 bridgehead atoms. The zero-order chi connectivity index (χ0) is 13.0. The zero-order valence-electron chi connectivity index (χ0n) is 10.2. The molecule has 96 valence electrons. The fourth-order valence-electron chi connectivity index (χ4n) is 3.01. The highest BCUT2D eigenvalue weighted by Gasteiger charge is 2.31. The van der Waals surface area contributed by atoms with Gasteiger partial charge in [0, 0.05) is 45.6 Å². The predicted molar refractivity (Wildman–Crippen MR) is 80.1 cm³/mol. The first kappa shape index (κ1) is 11.4. The van der Waals surface area contributed by atoms with Crippen molar-refractivity contribution < 1.29 is 0 Å². The predicted octanol–water partition coefficient (Wildman–Crippen LogP) is 4.29. The molecular formula is C15H12Cl2N2. The highest BCUT2D eigenvalue weighted by molar-refractivity contribution is 6.32. The minimum Gasteiger partial charge on any atom is -0.349 e. The van der Waals surface area contributed by atoms with E-state index in [1.165, 1.54) is 22.5 Å². The van der Waals surface area contributed by atoms with Gasteiger partial charge in [0.2, 0.25) is 0 Å². The first-order valence-corrected chi connectivity index (χ1v) is 7.04. The van der Waals surface area contributed by atoms with Gasteiger partial charge in [-0.2, -0.15) is 0 Å². The Labute approximate surface area is 122 Å². The molecule has 2 aromatic carbocycles. The molecule has 0 aromatic heterocycles. The van der Waals surface area contributed by atoms with Gasteiger partial charge in [-0.25, -0.2) is 0 Å². The van der Waals surface area contributed by atoms with Crippen LogP contribution in [0.25, 0.3) is 0 Å². The van der Waals surface area contributed by atoms with Crippen LogP contribution in [0.2, 0.25) is 10.0 Å². The molecule has 2 nitrogen and oxygen atoms in total. The second-order valence-corrected chi connectivity index (χ2v) is 5.83. The third kappa shape index (κ3) is 1.63. The molecule has 0 spiro atoms. The van der Waals surface area contributed by atoms with Crippen molar-refractivity contribution >= 4 is 34.6 Å². The van der Waals surface area contributed by atoms with Crippen molar-refractivity contribution in [2.75, 3.05) is 16.5 Å². The monoisotopic (exact) mass is 290 g/mol. The molecule has 0 fully saturated rings. The van der Waals surface area contributed by atoms with Crippen LogP contribution >= 0.6 is 23.2 Å². The summed E-state index contributed by atoms with van der Waals surface area (Å²) in [6.45, 7) is 2.60. The maximum absolute atomic E-state index is 6.33. The van der Waals surface area contributed by atoms with E-state index in [1.54, 1.807) is 0 Å². The van der Waals surface area contributed by atoms with Gasteiger partial charge in [-0.05, 0) is 24.3 Å². The van der Waals surface area contributed by atoms with Crippen LogP contribution in [0.3, 0.4) is 0 Å². The second-order valence-electron chi connectivity index (χ2n) is 5.01. The Balaban J connectivity index is 1.89. The standard InChI is InChI=1S/C15H12Cl2N2/c16-12-3-1-5-14-10(12)7-19-9-18(14)8-11-13(17)4-2-6-15(11)19/h1-6H,7-9H2. The quantitative estimate of drug-likeness (QED) is 0.714. The highest BCUT2D eigenvalue weighted by Crippen LogP contribution is 2.42. The Morgan fingerprint density at radius 1 is 0.737 bits per heavy atom. The van der Waals surface area contributed by atoms with Crippen LogP contribution in [0.5, 0.6) is 0 Å². The number of rotatable bonds is 0. The number of nitrogens with zero attached hydrogens (tertiary/aromatic N) is 2. The Kier molecular flexibility index (Phi) is 2.44. The molecular weight excluding hydrogens is 279 g/mol. The number of fused-ring (bicyclic) bond motifs is 6. The van der Waals surface area contributed by atoms with Crippen LogP contribution in [0.4, 0.5) is 11.4 Å². The van der Waals surface area contributed by atoms with Gasteiger partial charge < -0.3 is 9.80 Å². The molecule has 0 aliphatic carbocycles. The van der Waals surface area contributed by atoms with Gasteiger partial charge in [0.15, 0.2) is 0 Å². The second kappa shape index (κ2) is 4.06. The fraction of sp³-hybridized carbons (Fsp3) is 0.200. The summed E-state index contributed by atoms with van der Waals surface area (Å²) in [4.78, 5) is 4.66. The fourth-order valence-corrected chi connectivity index (χ4v) is 3.47. The molecule has 0 radical (unpaired) electrons. The van der Waals surface area contributed by atoms with Gasteiger partial charge in [-0.3, -0.25) is 0 Å². The van der Waals surface area contributed by atoms with Crippen LogP contribution < -0.4 is 9.80 Å². The minimum atomic E-state index is 0.845. The van der Waals surface area contributed by atoms with Gasteiger partial charge in [0.1, 0.15) is 0 Å². The molecule has 0 atom stereocenters. The average molecular weight is 291 g/mol.